The summed E-state index contributed by atoms with van der Waals surface area (Å²) in [6, 6.07) is -0.658. The van der Waals surface area contributed by atoms with Gasteiger partial charge in [0.25, 0.3) is 0 Å². The SMILES string of the molecule is CC/C=C\C/C=C\C/C=C\CCCCCCCC(=O)NC(CO)C(O)/C=C/CC/C=C/CC/C=C/CCCCCCCCCCCCCCCCCCCCCCCC. The molecule has 0 spiro atoms. The number of rotatable bonds is 46. The van der Waals surface area contributed by atoms with E-state index in [2.05, 4.69) is 79.9 Å². The summed E-state index contributed by atoms with van der Waals surface area (Å²) in [6.07, 6.45) is 72.0. The van der Waals surface area contributed by atoms with Crippen LogP contribution >= 0.6 is 0 Å². The molecule has 0 aromatic rings. The molecule has 2 atom stereocenters. The van der Waals surface area contributed by atoms with Crippen molar-refractivity contribution in [2.75, 3.05) is 6.61 Å². The van der Waals surface area contributed by atoms with Gasteiger partial charge in [0, 0.05) is 6.42 Å². The van der Waals surface area contributed by atoms with Crippen LogP contribution in [0.15, 0.2) is 72.9 Å². The van der Waals surface area contributed by atoms with Crippen molar-refractivity contribution in [2.45, 2.75) is 264 Å². The molecule has 0 aliphatic carbocycles. The van der Waals surface area contributed by atoms with E-state index in [0.717, 1.165) is 70.6 Å². The third-order valence-electron chi connectivity index (χ3n) is 11.4. The highest BCUT2D eigenvalue weighted by atomic mass is 16.3. The Morgan fingerprint density at radius 1 is 0.424 bits per heavy atom. The maximum atomic E-state index is 12.4. The molecule has 59 heavy (non-hydrogen) atoms. The van der Waals surface area contributed by atoms with Gasteiger partial charge in [-0.25, -0.2) is 0 Å². The molecular weight excluding hydrogens is 723 g/mol. The first-order valence-electron chi connectivity index (χ1n) is 25.7. The standard InChI is InChI=1S/C55H99NO3/c1-3-5-7-9-11-13-15-17-19-20-21-22-23-24-25-26-27-28-29-30-31-32-33-34-35-37-38-40-42-44-46-48-50-54(58)53(52-57)56-55(59)51-49-47-45-43-41-39-36-18-16-14-12-10-8-6-4-2/h6,8,12,14,18,34-36,40,42,48,50,53-54,57-58H,3-5,7,9-11,13,15-17,19-33,37-39,41,43-47,49,51-52H2,1-2H3,(H,56,59)/b8-6-,14-12-,35-34+,36-18-,42-40+,50-48+. The normalized spacial score (nSPS) is 13.5. The fourth-order valence-corrected chi connectivity index (χ4v) is 7.52. The quantitative estimate of drug-likeness (QED) is 0.0423. The molecule has 0 heterocycles. The second-order valence-corrected chi connectivity index (χ2v) is 17.2. The molecule has 342 valence electrons. The van der Waals surface area contributed by atoms with Crippen molar-refractivity contribution >= 4 is 5.91 Å². The molecule has 3 N–H and O–H groups in total. The van der Waals surface area contributed by atoms with Gasteiger partial charge >= 0.3 is 0 Å². The Morgan fingerprint density at radius 2 is 0.763 bits per heavy atom. The van der Waals surface area contributed by atoms with E-state index in [1.165, 1.54) is 161 Å². The molecule has 0 saturated carbocycles. The van der Waals surface area contributed by atoms with Crippen molar-refractivity contribution in [1.29, 1.82) is 0 Å². The number of hydrogen-bond donors (Lipinski definition) is 3. The maximum absolute atomic E-state index is 12.4. The van der Waals surface area contributed by atoms with Crippen molar-refractivity contribution < 1.29 is 15.0 Å². The number of amides is 1. The molecule has 0 bridgehead atoms. The van der Waals surface area contributed by atoms with E-state index in [4.69, 9.17) is 0 Å². The van der Waals surface area contributed by atoms with Gasteiger partial charge in [0.05, 0.1) is 18.8 Å². The van der Waals surface area contributed by atoms with Gasteiger partial charge in [0.15, 0.2) is 0 Å². The van der Waals surface area contributed by atoms with Gasteiger partial charge in [0.1, 0.15) is 0 Å². The predicted octanol–water partition coefficient (Wildman–Crippen LogP) is 16.6. The number of nitrogens with one attached hydrogen (secondary N) is 1. The highest BCUT2D eigenvalue weighted by Crippen LogP contribution is 2.16. The minimum atomic E-state index is -0.881. The van der Waals surface area contributed by atoms with Crippen LogP contribution in [0.1, 0.15) is 251 Å². The number of allylic oxidation sites excluding steroid dienone is 11. The van der Waals surface area contributed by atoms with E-state index in [9.17, 15) is 15.0 Å². The first kappa shape index (κ1) is 56.8. The summed E-state index contributed by atoms with van der Waals surface area (Å²) in [5.41, 5.74) is 0. The smallest absolute Gasteiger partial charge is 0.220 e. The van der Waals surface area contributed by atoms with Crippen molar-refractivity contribution in [3.05, 3.63) is 72.9 Å². The van der Waals surface area contributed by atoms with Crippen LogP contribution in [0.3, 0.4) is 0 Å². The van der Waals surface area contributed by atoms with Crippen LogP contribution in [0.5, 0.6) is 0 Å². The van der Waals surface area contributed by atoms with Crippen molar-refractivity contribution in [2.24, 2.45) is 0 Å². The van der Waals surface area contributed by atoms with Gasteiger partial charge in [0.2, 0.25) is 5.91 Å². The van der Waals surface area contributed by atoms with Crippen molar-refractivity contribution in [1.82, 2.24) is 5.32 Å². The fraction of sp³-hybridized carbons (Fsp3) is 0.764. The van der Waals surface area contributed by atoms with Crippen LogP contribution in [-0.4, -0.2) is 34.9 Å². The lowest BCUT2D eigenvalue weighted by atomic mass is 10.0. The lowest BCUT2D eigenvalue weighted by molar-refractivity contribution is -0.123. The molecule has 1 amide bonds. The lowest BCUT2D eigenvalue weighted by Gasteiger charge is -2.19. The summed E-state index contributed by atoms with van der Waals surface area (Å²) in [4.78, 5) is 12.4. The van der Waals surface area contributed by atoms with Crippen molar-refractivity contribution in [3.8, 4) is 0 Å². The van der Waals surface area contributed by atoms with Crippen LogP contribution in [0.4, 0.5) is 0 Å². The molecule has 4 nitrogen and oxygen atoms in total. The highest BCUT2D eigenvalue weighted by molar-refractivity contribution is 5.76. The first-order chi connectivity index (χ1) is 29.2. The van der Waals surface area contributed by atoms with Crippen molar-refractivity contribution in [3.63, 3.8) is 0 Å². The van der Waals surface area contributed by atoms with Crippen LogP contribution in [-0.2, 0) is 4.79 Å². The molecule has 0 aromatic heterocycles. The second-order valence-electron chi connectivity index (χ2n) is 17.2. The Hall–Kier alpha value is -2.17. The van der Waals surface area contributed by atoms with Crippen LogP contribution in [0, 0.1) is 0 Å². The third-order valence-corrected chi connectivity index (χ3v) is 11.4. The van der Waals surface area contributed by atoms with E-state index < -0.39 is 12.1 Å². The monoisotopic (exact) mass is 822 g/mol. The zero-order valence-corrected chi connectivity index (χ0v) is 39.3. The molecular formula is C55H99NO3. The van der Waals surface area contributed by atoms with Crippen LogP contribution in [0.25, 0.3) is 0 Å². The molecule has 0 saturated heterocycles. The fourth-order valence-electron chi connectivity index (χ4n) is 7.52. The Kier molecular flexibility index (Phi) is 48.3. The zero-order valence-electron chi connectivity index (χ0n) is 39.3. The van der Waals surface area contributed by atoms with Gasteiger partial charge < -0.3 is 15.5 Å². The summed E-state index contributed by atoms with van der Waals surface area (Å²) >= 11 is 0. The van der Waals surface area contributed by atoms with Crippen LogP contribution in [0.2, 0.25) is 0 Å². The topological polar surface area (TPSA) is 69.6 Å². The number of aliphatic hydroxyl groups excluding tert-OH is 2. The average molecular weight is 822 g/mol. The molecule has 2 unspecified atom stereocenters. The minimum Gasteiger partial charge on any atom is -0.394 e. The van der Waals surface area contributed by atoms with E-state index in [1.807, 2.05) is 6.08 Å². The molecule has 4 heteroatoms. The minimum absolute atomic E-state index is 0.0966. The molecule has 0 aliphatic rings. The number of carbonyl (C=O) groups excluding carboxylic acids is 1. The third kappa shape index (κ3) is 46.7. The molecule has 0 fully saturated rings. The van der Waals surface area contributed by atoms with Gasteiger partial charge in [-0.05, 0) is 77.0 Å². The molecule has 0 rings (SSSR count). The average Bonchev–Trinajstić information content (AvgIpc) is 3.24. The Labute approximate surface area is 368 Å². The summed E-state index contributed by atoms with van der Waals surface area (Å²) < 4.78 is 0. The van der Waals surface area contributed by atoms with Crippen LogP contribution < -0.4 is 5.32 Å². The van der Waals surface area contributed by atoms with Gasteiger partial charge in [-0.1, -0.05) is 241 Å². The Morgan fingerprint density at radius 3 is 1.19 bits per heavy atom. The van der Waals surface area contributed by atoms with E-state index in [-0.39, 0.29) is 12.5 Å². The highest BCUT2D eigenvalue weighted by Gasteiger charge is 2.17. The number of hydrogen-bond acceptors (Lipinski definition) is 3. The second kappa shape index (κ2) is 50.2. The Balaban J connectivity index is 3.57. The molecule has 0 aliphatic heterocycles. The largest absolute Gasteiger partial charge is 0.394 e. The summed E-state index contributed by atoms with van der Waals surface area (Å²) in [5.74, 6) is -0.0966. The maximum Gasteiger partial charge on any atom is 0.220 e. The summed E-state index contributed by atoms with van der Waals surface area (Å²) in [7, 11) is 0. The summed E-state index contributed by atoms with van der Waals surface area (Å²) in [6.45, 7) is 4.18. The first-order valence-corrected chi connectivity index (χ1v) is 25.7. The van der Waals surface area contributed by atoms with E-state index >= 15 is 0 Å². The molecule has 0 aromatic carbocycles. The summed E-state index contributed by atoms with van der Waals surface area (Å²) in [5, 5.41) is 23.0. The Bertz CT molecular complexity index is 1020. The predicted molar refractivity (Wildman–Crippen MR) is 262 cm³/mol. The van der Waals surface area contributed by atoms with Gasteiger partial charge in [-0.3, -0.25) is 4.79 Å². The van der Waals surface area contributed by atoms with E-state index in [0.29, 0.717) is 6.42 Å². The van der Waals surface area contributed by atoms with E-state index in [1.54, 1.807) is 6.08 Å². The zero-order chi connectivity index (χ0) is 42.8. The molecule has 0 radical (unpaired) electrons. The lowest BCUT2D eigenvalue weighted by Crippen LogP contribution is -2.45. The van der Waals surface area contributed by atoms with Gasteiger partial charge in [-0.2, -0.15) is 0 Å². The number of unbranched alkanes of at least 4 members (excludes halogenated alkanes) is 29. The number of carbonyl (C=O) groups is 1. The van der Waals surface area contributed by atoms with Gasteiger partial charge in [-0.15, -0.1) is 0 Å². The number of aliphatic hydroxyl groups is 2.